The van der Waals surface area contributed by atoms with Crippen molar-refractivity contribution in [2.24, 2.45) is 0 Å². The summed E-state index contributed by atoms with van der Waals surface area (Å²) in [6.45, 7) is 1.87. The van der Waals surface area contributed by atoms with E-state index < -0.39 is 0 Å². The molecule has 0 N–H and O–H groups in total. The van der Waals surface area contributed by atoms with E-state index in [0.29, 0.717) is 22.7 Å². The lowest BCUT2D eigenvalue weighted by molar-refractivity contribution is 0.148. The Hall–Kier alpha value is -3.06. The molecule has 4 aromatic rings. The summed E-state index contributed by atoms with van der Waals surface area (Å²) >= 11 is 6.51. The van der Waals surface area contributed by atoms with Gasteiger partial charge >= 0.3 is 0 Å². The summed E-state index contributed by atoms with van der Waals surface area (Å²) in [6, 6.07) is 3.80. The largest absolute Gasteiger partial charge is 0.474 e. The molecule has 0 amide bonds. The van der Waals surface area contributed by atoms with Gasteiger partial charge in [0, 0.05) is 41.8 Å². The van der Waals surface area contributed by atoms with Crippen molar-refractivity contribution in [2.75, 3.05) is 0 Å². The maximum Gasteiger partial charge on any atom is 0.217 e. The number of ether oxygens (including phenoxy) is 1. The number of halogens is 1. The molecule has 1 fully saturated rings. The molecule has 0 aromatic carbocycles. The molecule has 8 heteroatoms. The molecule has 1 saturated carbocycles. The summed E-state index contributed by atoms with van der Waals surface area (Å²) < 4.78 is 8.15. The van der Waals surface area contributed by atoms with Crippen molar-refractivity contribution >= 4 is 22.5 Å². The van der Waals surface area contributed by atoms with Gasteiger partial charge in [-0.1, -0.05) is 18.0 Å². The molecule has 5 rings (SSSR count). The Morgan fingerprint density at radius 2 is 1.93 bits per heavy atom. The second-order valence-corrected chi connectivity index (χ2v) is 7.85. The molecule has 4 heterocycles. The summed E-state index contributed by atoms with van der Waals surface area (Å²) in [6.07, 6.45) is 14.7. The van der Waals surface area contributed by atoms with Crippen molar-refractivity contribution in [3.8, 4) is 23.0 Å². The second kappa shape index (κ2) is 7.99. The Labute approximate surface area is 179 Å². The minimum atomic E-state index is 0.215. The summed E-state index contributed by atoms with van der Waals surface area (Å²) in [5.41, 5.74) is 2.49. The molecule has 0 aliphatic heterocycles. The van der Waals surface area contributed by atoms with Crippen LogP contribution in [-0.4, -0.2) is 35.6 Å². The van der Waals surface area contributed by atoms with Gasteiger partial charge < -0.3 is 4.74 Å². The van der Waals surface area contributed by atoms with Crippen molar-refractivity contribution in [3.63, 3.8) is 0 Å². The lowest BCUT2D eigenvalue weighted by Crippen LogP contribution is -2.20. The van der Waals surface area contributed by atoms with Crippen LogP contribution in [0.4, 0.5) is 0 Å². The second-order valence-electron chi connectivity index (χ2n) is 7.49. The quantitative estimate of drug-likeness (QED) is 0.435. The van der Waals surface area contributed by atoms with E-state index in [1.165, 1.54) is 19.3 Å². The van der Waals surface area contributed by atoms with E-state index in [4.69, 9.17) is 16.3 Å². The van der Waals surface area contributed by atoms with Gasteiger partial charge in [-0.25, -0.2) is 15.0 Å². The van der Waals surface area contributed by atoms with E-state index in [1.54, 1.807) is 24.8 Å². The highest BCUT2D eigenvalue weighted by Crippen LogP contribution is 2.36. The number of rotatable bonds is 4. The van der Waals surface area contributed by atoms with Gasteiger partial charge in [0.2, 0.25) is 5.88 Å². The third kappa shape index (κ3) is 3.61. The third-order valence-electron chi connectivity index (χ3n) is 5.40. The van der Waals surface area contributed by atoms with Gasteiger partial charge in [-0.2, -0.15) is 4.98 Å². The Morgan fingerprint density at radius 3 is 2.73 bits per heavy atom. The normalized spacial score (nSPS) is 14.9. The molecule has 30 heavy (non-hydrogen) atoms. The Balaban J connectivity index is 1.63. The summed E-state index contributed by atoms with van der Waals surface area (Å²) in [7, 11) is 0. The maximum atomic E-state index is 6.51. The molecule has 0 unspecified atom stereocenters. The summed E-state index contributed by atoms with van der Waals surface area (Å²) in [5, 5.41) is 1.22. The first kappa shape index (κ1) is 18.9. The smallest absolute Gasteiger partial charge is 0.217 e. The molecular weight excluding hydrogens is 400 g/mol. The van der Waals surface area contributed by atoms with Crippen LogP contribution in [0.2, 0.25) is 5.15 Å². The highest BCUT2D eigenvalue weighted by molar-refractivity contribution is 6.35. The minimum Gasteiger partial charge on any atom is -0.474 e. The van der Waals surface area contributed by atoms with E-state index in [-0.39, 0.29) is 6.10 Å². The number of aromatic nitrogens is 6. The highest BCUT2D eigenvalue weighted by atomic mass is 35.5. The molecule has 0 bridgehead atoms. The number of hydrogen-bond acceptors (Lipinski definition) is 6. The number of fused-ring (bicyclic) bond motifs is 1. The molecular formula is C22H21ClN6O. The van der Waals surface area contributed by atoms with Gasteiger partial charge in [-0.05, 0) is 38.7 Å². The average Bonchev–Trinajstić information content (AvgIpc) is 3.16. The average molecular weight is 421 g/mol. The van der Waals surface area contributed by atoms with Crippen LogP contribution in [0, 0.1) is 6.92 Å². The number of hydrogen-bond donors (Lipinski definition) is 0. The van der Waals surface area contributed by atoms with Crippen LogP contribution in [-0.2, 0) is 0 Å². The fraction of sp³-hybridized carbons (Fsp3) is 0.318. The van der Waals surface area contributed by atoms with Crippen molar-refractivity contribution < 1.29 is 4.74 Å². The van der Waals surface area contributed by atoms with Gasteiger partial charge in [0.05, 0.1) is 17.4 Å². The molecule has 0 saturated heterocycles. The lowest BCUT2D eigenvalue weighted by Gasteiger charge is -2.22. The van der Waals surface area contributed by atoms with Crippen LogP contribution in [0.3, 0.4) is 0 Å². The summed E-state index contributed by atoms with van der Waals surface area (Å²) in [5.74, 6) is 1.95. The molecule has 0 spiro atoms. The van der Waals surface area contributed by atoms with Gasteiger partial charge in [-0.3, -0.25) is 9.55 Å². The van der Waals surface area contributed by atoms with Crippen molar-refractivity contribution in [1.29, 1.82) is 0 Å². The summed E-state index contributed by atoms with van der Waals surface area (Å²) in [4.78, 5) is 22.1. The third-order valence-corrected chi connectivity index (χ3v) is 5.68. The first-order valence-corrected chi connectivity index (χ1v) is 10.5. The van der Waals surface area contributed by atoms with E-state index in [9.17, 15) is 0 Å². The van der Waals surface area contributed by atoms with E-state index in [0.717, 1.165) is 35.0 Å². The molecule has 152 valence electrons. The Kier molecular flexibility index (Phi) is 5.04. The Bertz CT molecular complexity index is 1190. The SMILES string of the molecule is Cc1nc(OC2CCCCC2)cc(-c2cn(-c3cnccn3)c3ccnc(Cl)c23)n1. The van der Waals surface area contributed by atoms with E-state index in [2.05, 4.69) is 24.9 Å². The van der Waals surface area contributed by atoms with Crippen molar-refractivity contribution in [2.45, 2.75) is 45.1 Å². The molecule has 4 aromatic heterocycles. The van der Waals surface area contributed by atoms with Crippen LogP contribution >= 0.6 is 11.6 Å². The lowest BCUT2D eigenvalue weighted by atomic mass is 9.98. The predicted octanol–water partition coefficient (Wildman–Crippen LogP) is 4.95. The predicted molar refractivity (Wildman–Crippen MR) is 115 cm³/mol. The topological polar surface area (TPSA) is 78.6 Å². The molecule has 1 aliphatic rings. The van der Waals surface area contributed by atoms with Crippen LogP contribution in [0.5, 0.6) is 5.88 Å². The van der Waals surface area contributed by atoms with Crippen LogP contribution in [0.25, 0.3) is 28.0 Å². The van der Waals surface area contributed by atoms with Crippen LogP contribution in [0.1, 0.15) is 37.9 Å². The zero-order valence-corrected chi connectivity index (χ0v) is 17.4. The van der Waals surface area contributed by atoms with Crippen molar-refractivity contribution in [1.82, 2.24) is 29.5 Å². The maximum absolute atomic E-state index is 6.51. The molecule has 0 atom stereocenters. The Morgan fingerprint density at radius 1 is 1.07 bits per heavy atom. The van der Waals surface area contributed by atoms with Gasteiger partial charge in [0.1, 0.15) is 17.1 Å². The standard InChI is InChI=1S/C22H21ClN6O/c1-14-27-17(11-20(28-14)30-15-5-3-2-4-6-15)16-13-29(19-12-24-9-10-25-19)18-7-8-26-22(23)21(16)18/h7-13,15H,2-6H2,1H3. The van der Waals surface area contributed by atoms with Crippen LogP contribution < -0.4 is 4.74 Å². The zero-order valence-electron chi connectivity index (χ0n) is 16.6. The van der Waals surface area contributed by atoms with Crippen LogP contribution in [0.15, 0.2) is 43.1 Å². The zero-order chi connectivity index (χ0) is 20.5. The fourth-order valence-electron chi connectivity index (χ4n) is 4.03. The number of pyridine rings is 1. The van der Waals surface area contributed by atoms with Gasteiger partial charge in [0.25, 0.3) is 0 Å². The monoisotopic (exact) mass is 420 g/mol. The number of aryl methyl sites for hydroxylation is 1. The van der Waals surface area contributed by atoms with Gasteiger partial charge in [0.15, 0.2) is 5.82 Å². The fourth-order valence-corrected chi connectivity index (χ4v) is 4.29. The first-order valence-electron chi connectivity index (χ1n) is 10.1. The molecule has 1 aliphatic carbocycles. The van der Waals surface area contributed by atoms with E-state index >= 15 is 0 Å². The van der Waals surface area contributed by atoms with E-state index in [1.807, 2.05) is 29.8 Å². The first-order chi connectivity index (χ1) is 14.7. The molecule has 7 nitrogen and oxygen atoms in total. The van der Waals surface area contributed by atoms with Crippen molar-refractivity contribution in [3.05, 3.63) is 54.1 Å². The number of nitrogens with zero attached hydrogens (tertiary/aromatic N) is 6. The van der Waals surface area contributed by atoms with Gasteiger partial charge in [-0.15, -0.1) is 0 Å². The molecule has 0 radical (unpaired) electrons. The highest BCUT2D eigenvalue weighted by Gasteiger charge is 2.20. The minimum absolute atomic E-state index is 0.215.